The van der Waals surface area contributed by atoms with Gasteiger partial charge in [-0.15, -0.1) is 0 Å². The molecule has 5 heteroatoms. The van der Waals surface area contributed by atoms with Crippen LogP contribution in [0.3, 0.4) is 0 Å². The van der Waals surface area contributed by atoms with E-state index < -0.39 is 5.82 Å². The number of thioether (sulfide) groups is 1. The Morgan fingerprint density at radius 2 is 2.11 bits per heavy atom. The van der Waals surface area contributed by atoms with E-state index in [1.54, 1.807) is 0 Å². The standard InChI is InChI=1S/C13H11FO3S/c1-3-18-12-6-11(16)10-5-8(14)4-9(7(2)15)13(10)17-12/h4-6H,3H2,1-2H3. The molecule has 0 N–H and O–H groups in total. The molecule has 0 aliphatic carbocycles. The van der Waals surface area contributed by atoms with Gasteiger partial charge in [0.1, 0.15) is 11.4 Å². The van der Waals surface area contributed by atoms with E-state index in [9.17, 15) is 14.0 Å². The quantitative estimate of drug-likeness (QED) is 0.632. The molecule has 0 fully saturated rings. The van der Waals surface area contributed by atoms with Crippen LogP contribution in [0, 0.1) is 5.82 Å². The second-order valence-corrected chi connectivity index (χ2v) is 5.02. The molecule has 0 aliphatic heterocycles. The molecule has 94 valence electrons. The summed E-state index contributed by atoms with van der Waals surface area (Å²) in [5.41, 5.74) is -0.0813. The summed E-state index contributed by atoms with van der Waals surface area (Å²) in [6, 6.07) is 3.50. The molecule has 0 spiro atoms. The number of benzene rings is 1. The highest BCUT2D eigenvalue weighted by atomic mass is 32.2. The number of carbonyl (C=O) groups is 1. The van der Waals surface area contributed by atoms with Crippen LogP contribution in [0.5, 0.6) is 0 Å². The van der Waals surface area contributed by atoms with Crippen LogP contribution in [-0.4, -0.2) is 11.5 Å². The Morgan fingerprint density at radius 3 is 2.72 bits per heavy atom. The van der Waals surface area contributed by atoms with E-state index in [4.69, 9.17) is 4.42 Å². The summed E-state index contributed by atoms with van der Waals surface area (Å²) in [5.74, 6) is -0.206. The molecule has 1 heterocycles. The fourth-order valence-corrected chi connectivity index (χ4v) is 2.29. The summed E-state index contributed by atoms with van der Waals surface area (Å²) in [4.78, 5) is 23.3. The molecule has 0 saturated carbocycles. The van der Waals surface area contributed by atoms with Gasteiger partial charge >= 0.3 is 0 Å². The summed E-state index contributed by atoms with van der Waals surface area (Å²) in [5, 5.41) is 0.532. The third kappa shape index (κ3) is 2.31. The molecule has 1 aromatic carbocycles. The van der Waals surface area contributed by atoms with Gasteiger partial charge in [-0.2, -0.15) is 0 Å². The van der Waals surface area contributed by atoms with Crippen LogP contribution in [0.1, 0.15) is 24.2 Å². The first kappa shape index (κ1) is 12.8. The van der Waals surface area contributed by atoms with E-state index in [0.717, 1.165) is 17.9 Å². The number of rotatable bonds is 3. The average Bonchev–Trinajstić information content (AvgIpc) is 2.29. The zero-order chi connectivity index (χ0) is 13.3. The zero-order valence-corrected chi connectivity index (χ0v) is 10.8. The van der Waals surface area contributed by atoms with Crippen molar-refractivity contribution in [3.63, 3.8) is 0 Å². The number of ketones is 1. The van der Waals surface area contributed by atoms with Crippen LogP contribution in [0.4, 0.5) is 4.39 Å². The summed E-state index contributed by atoms with van der Waals surface area (Å²) >= 11 is 1.36. The third-order valence-electron chi connectivity index (χ3n) is 2.44. The van der Waals surface area contributed by atoms with Crippen LogP contribution < -0.4 is 5.43 Å². The Bertz CT molecular complexity index is 676. The lowest BCUT2D eigenvalue weighted by Gasteiger charge is -2.05. The van der Waals surface area contributed by atoms with Crippen LogP contribution in [0.2, 0.25) is 0 Å². The molecule has 0 amide bonds. The van der Waals surface area contributed by atoms with Gasteiger partial charge in [0.2, 0.25) is 0 Å². The zero-order valence-electron chi connectivity index (χ0n) is 9.95. The largest absolute Gasteiger partial charge is 0.449 e. The van der Waals surface area contributed by atoms with Crippen molar-refractivity contribution in [2.75, 3.05) is 5.75 Å². The van der Waals surface area contributed by atoms with Crippen molar-refractivity contribution in [3.8, 4) is 0 Å². The van der Waals surface area contributed by atoms with Crippen molar-refractivity contribution in [1.82, 2.24) is 0 Å². The molecular formula is C13H11FO3S. The second-order valence-electron chi connectivity index (χ2n) is 3.75. The fourth-order valence-electron chi connectivity index (χ4n) is 1.68. The van der Waals surface area contributed by atoms with Crippen molar-refractivity contribution in [2.24, 2.45) is 0 Å². The van der Waals surface area contributed by atoms with E-state index in [2.05, 4.69) is 0 Å². The van der Waals surface area contributed by atoms with Gasteiger partial charge in [-0.1, -0.05) is 18.7 Å². The van der Waals surface area contributed by atoms with Gasteiger partial charge in [-0.3, -0.25) is 9.59 Å². The molecule has 0 unspecified atom stereocenters. The maximum Gasteiger partial charge on any atom is 0.193 e. The van der Waals surface area contributed by atoms with Gasteiger partial charge < -0.3 is 4.42 Å². The Hall–Kier alpha value is -1.62. The van der Waals surface area contributed by atoms with E-state index in [-0.39, 0.29) is 27.7 Å². The smallest absolute Gasteiger partial charge is 0.193 e. The number of carbonyl (C=O) groups excluding carboxylic acids is 1. The summed E-state index contributed by atoms with van der Waals surface area (Å²) in [6.45, 7) is 3.24. The van der Waals surface area contributed by atoms with Crippen molar-refractivity contribution in [2.45, 2.75) is 18.9 Å². The van der Waals surface area contributed by atoms with Gasteiger partial charge in [0, 0.05) is 6.07 Å². The van der Waals surface area contributed by atoms with Gasteiger partial charge in [0.15, 0.2) is 16.3 Å². The molecule has 2 aromatic rings. The van der Waals surface area contributed by atoms with Crippen LogP contribution in [0.15, 0.2) is 32.5 Å². The monoisotopic (exact) mass is 266 g/mol. The summed E-state index contributed by atoms with van der Waals surface area (Å²) < 4.78 is 18.9. The lowest BCUT2D eigenvalue weighted by atomic mass is 10.1. The van der Waals surface area contributed by atoms with Crippen LogP contribution in [0.25, 0.3) is 11.0 Å². The number of Topliss-reactive ketones (excluding diaryl/α,β-unsaturated/α-hetero) is 1. The van der Waals surface area contributed by atoms with Crippen molar-refractivity contribution in [1.29, 1.82) is 0 Å². The number of hydrogen-bond acceptors (Lipinski definition) is 4. The third-order valence-corrected chi connectivity index (χ3v) is 3.21. The SMILES string of the molecule is CCSc1cc(=O)c2cc(F)cc(C(C)=O)c2o1. The minimum Gasteiger partial charge on any atom is -0.449 e. The minimum atomic E-state index is -0.615. The molecule has 0 atom stereocenters. The molecule has 1 aromatic heterocycles. The highest BCUT2D eigenvalue weighted by Gasteiger charge is 2.14. The number of hydrogen-bond donors (Lipinski definition) is 0. The van der Waals surface area contributed by atoms with Crippen molar-refractivity contribution < 1.29 is 13.6 Å². The first-order valence-electron chi connectivity index (χ1n) is 5.44. The highest BCUT2D eigenvalue weighted by Crippen LogP contribution is 2.24. The van der Waals surface area contributed by atoms with E-state index in [1.807, 2.05) is 6.92 Å². The van der Waals surface area contributed by atoms with Gasteiger partial charge in [0.05, 0.1) is 10.9 Å². The summed E-state index contributed by atoms with van der Waals surface area (Å²) in [6.07, 6.45) is 0. The Morgan fingerprint density at radius 1 is 1.39 bits per heavy atom. The average molecular weight is 266 g/mol. The molecular weight excluding hydrogens is 255 g/mol. The fraction of sp³-hybridized carbons (Fsp3) is 0.231. The Balaban J connectivity index is 2.84. The van der Waals surface area contributed by atoms with Gasteiger partial charge in [0.25, 0.3) is 0 Å². The highest BCUT2D eigenvalue weighted by molar-refractivity contribution is 7.99. The second kappa shape index (κ2) is 4.94. The van der Waals surface area contributed by atoms with Gasteiger partial charge in [-0.05, 0) is 24.8 Å². The molecule has 3 nitrogen and oxygen atoms in total. The minimum absolute atomic E-state index is 0.0978. The number of halogens is 1. The lowest BCUT2D eigenvalue weighted by Crippen LogP contribution is -2.04. The molecule has 0 saturated heterocycles. The predicted octanol–water partition coefficient (Wildman–Crippen LogP) is 3.25. The van der Waals surface area contributed by atoms with Crippen molar-refractivity contribution >= 4 is 28.5 Å². The van der Waals surface area contributed by atoms with E-state index >= 15 is 0 Å². The molecule has 0 aliphatic rings. The van der Waals surface area contributed by atoms with Crippen molar-refractivity contribution in [3.05, 3.63) is 39.8 Å². The molecule has 2 rings (SSSR count). The van der Waals surface area contributed by atoms with E-state index in [1.165, 1.54) is 24.8 Å². The van der Waals surface area contributed by atoms with Crippen LogP contribution >= 0.6 is 11.8 Å². The number of fused-ring (bicyclic) bond motifs is 1. The summed E-state index contributed by atoms with van der Waals surface area (Å²) in [7, 11) is 0. The first-order valence-corrected chi connectivity index (χ1v) is 6.42. The first-order chi connectivity index (χ1) is 8.52. The predicted molar refractivity (Wildman–Crippen MR) is 68.8 cm³/mol. The van der Waals surface area contributed by atoms with Gasteiger partial charge in [-0.25, -0.2) is 4.39 Å². The maximum atomic E-state index is 13.3. The molecule has 0 radical (unpaired) electrons. The lowest BCUT2D eigenvalue weighted by molar-refractivity contribution is 0.101. The normalized spacial score (nSPS) is 10.8. The maximum absolute atomic E-state index is 13.3. The van der Waals surface area contributed by atoms with Crippen LogP contribution in [-0.2, 0) is 0 Å². The molecule has 0 bridgehead atoms. The Kier molecular flexibility index (Phi) is 3.52. The Labute approximate surface area is 107 Å². The van der Waals surface area contributed by atoms with E-state index in [0.29, 0.717) is 5.09 Å². The molecule has 18 heavy (non-hydrogen) atoms. The topological polar surface area (TPSA) is 47.3 Å².